The van der Waals surface area contributed by atoms with Crippen LogP contribution in [-0.2, 0) is 0 Å². The van der Waals surface area contributed by atoms with E-state index in [1.54, 1.807) is 17.1 Å². The maximum atomic E-state index is 12.3. The average molecular weight is 307 g/mol. The van der Waals surface area contributed by atoms with E-state index in [0.29, 0.717) is 17.9 Å². The molecule has 1 heterocycles. The Hall–Kier alpha value is -3.08. The van der Waals surface area contributed by atoms with Crippen molar-refractivity contribution in [1.82, 2.24) is 9.78 Å². The maximum Gasteiger partial charge on any atom is 0.258 e. The van der Waals surface area contributed by atoms with Crippen molar-refractivity contribution in [3.8, 4) is 11.4 Å². The second-order valence-electron chi connectivity index (χ2n) is 4.92. The van der Waals surface area contributed by atoms with Gasteiger partial charge in [0.05, 0.1) is 24.1 Å². The lowest BCUT2D eigenvalue weighted by atomic mass is 10.2. The Labute approximate surface area is 134 Å². The molecule has 23 heavy (non-hydrogen) atoms. The molecule has 0 saturated carbocycles. The van der Waals surface area contributed by atoms with E-state index in [4.69, 9.17) is 4.74 Å². The summed E-state index contributed by atoms with van der Waals surface area (Å²) in [6.45, 7) is 2.55. The fraction of sp³-hybridized carbons (Fsp3) is 0.111. The molecule has 2 aromatic carbocycles. The van der Waals surface area contributed by atoms with E-state index in [9.17, 15) is 4.79 Å². The van der Waals surface area contributed by atoms with Crippen molar-refractivity contribution in [3.63, 3.8) is 0 Å². The van der Waals surface area contributed by atoms with Gasteiger partial charge in [0.15, 0.2) is 0 Å². The highest BCUT2D eigenvalue weighted by Gasteiger charge is 2.09. The first kappa shape index (κ1) is 14.8. The Kier molecular flexibility index (Phi) is 4.38. The first-order valence-electron chi connectivity index (χ1n) is 7.40. The van der Waals surface area contributed by atoms with Crippen molar-refractivity contribution in [2.75, 3.05) is 11.9 Å². The molecule has 0 bridgehead atoms. The van der Waals surface area contributed by atoms with Crippen LogP contribution in [0.2, 0.25) is 0 Å². The Balaban J connectivity index is 1.70. The molecular formula is C18H17N3O2. The number of para-hydroxylation sites is 1. The van der Waals surface area contributed by atoms with Gasteiger partial charge in [-0.3, -0.25) is 4.79 Å². The Bertz CT molecular complexity index is 780. The zero-order chi connectivity index (χ0) is 16.1. The van der Waals surface area contributed by atoms with Gasteiger partial charge in [-0.25, -0.2) is 4.68 Å². The number of rotatable bonds is 5. The number of hydrogen-bond donors (Lipinski definition) is 1. The molecule has 0 spiro atoms. The zero-order valence-corrected chi connectivity index (χ0v) is 12.8. The summed E-state index contributed by atoms with van der Waals surface area (Å²) in [7, 11) is 0. The van der Waals surface area contributed by atoms with Gasteiger partial charge in [0, 0.05) is 11.9 Å². The van der Waals surface area contributed by atoms with Crippen molar-refractivity contribution in [2.24, 2.45) is 0 Å². The molecule has 0 atom stereocenters. The molecule has 0 saturated heterocycles. The van der Waals surface area contributed by atoms with Gasteiger partial charge in [-0.15, -0.1) is 0 Å². The number of amides is 1. The average Bonchev–Trinajstić information content (AvgIpc) is 3.08. The van der Waals surface area contributed by atoms with E-state index in [2.05, 4.69) is 10.4 Å². The van der Waals surface area contributed by atoms with E-state index in [1.807, 2.05) is 61.5 Å². The Morgan fingerprint density at radius 1 is 1.13 bits per heavy atom. The first-order valence-corrected chi connectivity index (χ1v) is 7.40. The predicted molar refractivity (Wildman–Crippen MR) is 89.1 cm³/mol. The third-order valence-electron chi connectivity index (χ3n) is 3.29. The fourth-order valence-electron chi connectivity index (χ4n) is 2.17. The van der Waals surface area contributed by atoms with E-state index >= 15 is 0 Å². The summed E-state index contributed by atoms with van der Waals surface area (Å²) in [4.78, 5) is 12.3. The lowest BCUT2D eigenvalue weighted by Crippen LogP contribution is -2.11. The second-order valence-corrected chi connectivity index (χ2v) is 4.92. The summed E-state index contributed by atoms with van der Waals surface area (Å²) in [5.41, 5.74) is 2.13. The molecule has 0 fully saturated rings. The number of carbonyl (C=O) groups excluding carboxylic acids is 1. The predicted octanol–water partition coefficient (Wildman–Crippen LogP) is 3.52. The van der Waals surface area contributed by atoms with Gasteiger partial charge in [-0.1, -0.05) is 18.2 Å². The van der Waals surface area contributed by atoms with Gasteiger partial charge in [0.2, 0.25) is 0 Å². The van der Waals surface area contributed by atoms with Gasteiger partial charge in [-0.05, 0) is 43.3 Å². The maximum absolute atomic E-state index is 12.3. The summed E-state index contributed by atoms with van der Waals surface area (Å²) in [6, 6.07) is 16.9. The van der Waals surface area contributed by atoms with Crippen molar-refractivity contribution in [3.05, 3.63) is 72.6 Å². The Morgan fingerprint density at radius 3 is 2.57 bits per heavy atom. The van der Waals surface area contributed by atoms with Crippen LogP contribution in [0.25, 0.3) is 5.69 Å². The second kappa shape index (κ2) is 6.79. The number of nitrogens with one attached hydrogen (secondary N) is 1. The van der Waals surface area contributed by atoms with Crippen LogP contribution in [0.15, 0.2) is 67.0 Å². The monoisotopic (exact) mass is 307 g/mol. The van der Waals surface area contributed by atoms with Crippen LogP contribution >= 0.6 is 0 Å². The van der Waals surface area contributed by atoms with Crippen LogP contribution in [0.1, 0.15) is 17.3 Å². The first-order chi connectivity index (χ1) is 11.3. The van der Waals surface area contributed by atoms with Crippen LogP contribution in [0.5, 0.6) is 5.75 Å². The highest BCUT2D eigenvalue weighted by Crippen LogP contribution is 2.16. The number of ether oxygens (including phenoxy) is 1. The van der Waals surface area contributed by atoms with Gasteiger partial charge in [-0.2, -0.15) is 5.10 Å². The molecule has 0 aliphatic rings. The third-order valence-corrected chi connectivity index (χ3v) is 3.29. The molecule has 3 aromatic rings. The minimum atomic E-state index is -0.198. The molecule has 1 amide bonds. The van der Waals surface area contributed by atoms with Crippen molar-refractivity contribution >= 4 is 11.6 Å². The van der Waals surface area contributed by atoms with E-state index in [-0.39, 0.29) is 5.91 Å². The standard InChI is InChI=1S/C18H17N3O2/c1-2-23-17-10-8-15(9-11-17)20-18(22)14-12-19-21(13-14)16-6-4-3-5-7-16/h3-13H,2H2,1H3,(H,20,22). The van der Waals surface area contributed by atoms with Gasteiger partial charge in [0.1, 0.15) is 5.75 Å². The molecular weight excluding hydrogens is 290 g/mol. The summed E-state index contributed by atoms with van der Waals surface area (Å²) < 4.78 is 7.05. The van der Waals surface area contributed by atoms with Gasteiger partial charge >= 0.3 is 0 Å². The SMILES string of the molecule is CCOc1ccc(NC(=O)c2cnn(-c3ccccc3)c2)cc1. The molecule has 1 aromatic heterocycles. The number of nitrogens with zero attached hydrogens (tertiary/aromatic N) is 2. The number of carbonyl (C=O) groups is 1. The van der Waals surface area contributed by atoms with Crippen LogP contribution < -0.4 is 10.1 Å². The zero-order valence-electron chi connectivity index (χ0n) is 12.8. The summed E-state index contributed by atoms with van der Waals surface area (Å²) in [5.74, 6) is 0.582. The highest BCUT2D eigenvalue weighted by molar-refractivity contribution is 6.04. The van der Waals surface area contributed by atoms with Gasteiger partial charge < -0.3 is 10.1 Å². The van der Waals surface area contributed by atoms with Crippen molar-refractivity contribution in [1.29, 1.82) is 0 Å². The normalized spacial score (nSPS) is 10.3. The van der Waals surface area contributed by atoms with Crippen LogP contribution in [0.3, 0.4) is 0 Å². The molecule has 5 nitrogen and oxygen atoms in total. The van der Waals surface area contributed by atoms with Crippen molar-refractivity contribution in [2.45, 2.75) is 6.92 Å². The topological polar surface area (TPSA) is 56.1 Å². The summed E-state index contributed by atoms with van der Waals surface area (Å²) in [6.07, 6.45) is 3.26. The summed E-state index contributed by atoms with van der Waals surface area (Å²) in [5, 5.41) is 7.07. The highest BCUT2D eigenvalue weighted by atomic mass is 16.5. The number of anilines is 1. The minimum absolute atomic E-state index is 0.198. The quantitative estimate of drug-likeness (QED) is 0.784. The smallest absolute Gasteiger partial charge is 0.258 e. The van der Waals surface area contributed by atoms with E-state index in [1.165, 1.54) is 0 Å². The largest absolute Gasteiger partial charge is 0.494 e. The van der Waals surface area contributed by atoms with Crippen LogP contribution in [0.4, 0.5) is 5.69 Å². The molecule has 0 unspecified atom stereocenters. The minimum Gasteiger partial charge on any atom is -0.494 e. The number of benzene rings is 2. The fourth-order valence-corrected chi connectivity index (χ4v) is 2.17. The Morgan fingerprint density at radius 2 is 1.87 bits per heavy atom. The molecule has 0 radical (unpaired) electrons. The van der Waals surface area contributed by atoms with E-state index in [0.717, 1.165) is 11.4 Å². The van der Waals surface area contributed by atoms with Crippen LogP contribution in [-0.4, -0.2) is 22.3 Å². The molecule has 116 valence electrons. The molecule has 3 rings (SSSR count). The molecule has 0 aliphatic carbocycles. The lowest BCUT2D eigenvalue weighted by molar-refractivity contribution is 0.102. The molecule has 1 N–H and O–H groups in total. The van der Waals surface area contributed by atoms with Crippen LogP contribution in [0, 0.1) is 0 Å². The lowest BCUT2D eigenvalue weighted by Gasteiger charge is -2.06. The molecule has 5 heteroatoms. The van der Waals surface area contributed by atoms with Gasteiger partial charge in [0.25, 0.3) is 5.91 Å². The third kappa shape index (κ3) is 3.58. The van der Waals surface area contributed by atoms with E-state index < -0.39 is 0 Å². The summed E-state index contributed by atoms with van der Waals surface area (Å²) >= 11 is 0. The number of hydrogen-bond acceptors (Lipinski definition) is 3. The number of aromatic nitrogens is 2. The van der Waals surface area contributed by atoms with Crippen molar-refractivity contribution < 1.29 is 9.53 Å². The molecule has 0 aliphatic heterocycles.